The summed E-state index contributed by atoms with van der Waals surface area (Å²) in [5, 5.41) is 13.5. The maximum Gasteiger partial charge on any atom is 0.271 e. The summed E-state index contributed by atoms with van der Waals surface area (Å²) >= 11 is 9.27. The predicted octanol–water partition coefficient (Wildman–Crippen LogP) is 4.42. The topological polar surface area (TPSA) is 81.5 Å². The van der Waals surface area contributed by atoms with Crippen LogP contribution in [0.3, 0.4) is 0 Å². The second-order valence-corrected chi connectivity index (χ2v) is 5.86. The summed E-state index contributed by atoms with van der Waals surface area (Å²) in [7, 11) is 0. The summed E-state index contributed by atoms with van der Waals surface area (Å²) in [6.07, 6.45) is -0.816. The van der Waals surface area contributed by atoms with Crippen LogP contribution < -0.4 is 10.1 Å². The molecule has 2 aromatic rings. The average Bonchev–Trinajstić information content (AvgIpc) is 2.51. The van der Waals surface area contributed by atoms with Gasteiger partial charge in [0.1, 0.15) is 5.75 Å². The Kier molecular flexibility index (Phi) is 5.57. The lowest BCUT2D eigenvalue weighted by Gasteiger charge is -2.16. The van der Waals surface area contributed by atoms with Crippen LogP contribution in [0, 0.1) is 10.1 Å². The van der Waals surface area contributed by atoms with Gasteiger partial charge in [0.25, 0.3) is 11.6 Å². The van der Waals surface area contributed by atoms with Gasteiger partial charge in [0.05, 0.1) is 20.1 Å². The Morgan fingerprint density at radius 1 is 1.35 bits per heavy atom. The van der Waals surface area contributed by atoms with Crippen molar-refractivity contribution in [2.75, 3.05) is 5.32 Å². The van der Waals surface area contributed by atoms with Gasteiger partial charge in [-0.2, -0.15) is 0 Å². The van der Waals surface area contributed by atoms with E-state index in [1.165, 1.54) is 18.2 Å². The number of para-hydroxylation sites is 1. The second-order valence-electron chi connectivity index (χ2n) is 4.60. The molecule has 0 radical (unpaired) electrons. The molecule has 1 unspecified atom stereocenters. The molecule has 0 saturated carbocycles. The van der Waals surface area contributed by atoms with Gasteiger partial charge in [0.2, 0.25) is 0 Å². The molecule has 23 heavy (non-hydrogen) atoms. The summed E-state index contributed by atoms with van der Waals surface area (Å²) in [6.45, 7) is 1.57. The molecular formula is C15H12BrClN2O4. The van der Waals surface area contributed by atoms with E-state index in [1.54, 1.807) is 25.1 Å². The van der Waals surface area contributed by atoms with Crippen molar-refractivity contribution in [3.05, 3.63) is 62.1 Å². The van der Waals surface area contributed by atoms with Crippen molar-refractivity contribution in [2.45, 2.75) is 13.0 Å². The Hall–Kier alpha value is -2.12. The number of halogens is 2. The van der Waals surface area contributed by atoms with Crippen molar-refractivity contribution >= 4 is 44.8 Å². The Bertz CT molecular complexity index is 754. The molecule has 2 rings (SSSR count). The summed E-state index contributed by atoms with van der Waals surface area (Å²) in [4.78, 5) is 22.4. The molecule has 1 amide bonds. The molecule has 6 nitrogen and oxygen atoms in total. The number of carbonyl (C=O) groups excluding carboxylic acids is 1. The van der Waals surface area contributed by atoms with E-state index in [1.807, 2.05) is 6.07 Å². The van der Waals surface area contributed by atoms with Gasteiger partial charge in [-0.1, -0.05) is 23.7 Å². The lowest BCUT2D eigenvalue weighted by atomic mass is 10.2. The number of carbonyl (C=O) groups is 1. The van der Waals surface area contributed by atoms with Crippen LogP contribution in [0.15, 0.2) is 46.9 Å². The number of benzene rings is 2. The van der Waals surface area contributed by atoms with Crippen LogP contribution in [0.25, 0.3) is 0 Å². The van der Waals surface area contributed by atoms with E-state index < -0.39 is 16.9 Å². The molecule has 2 aromatic carbocycles. The minimum Gasteiger partial charge on any atom is -0.480 e. The van der Waals surface area contributed by atoms with Crippen LogP contribution in [0.2, 0.25) is 5.02 Å². The fraction of sp³-hybridized carbons (Fsp3) is 0.133. The number of hydrogen-bond acceptors (Lipinski definition) is 4. The monoisotopic (exact) mass is 398 g/mol. The molecule has 0 aliphatic carbocycles. The van der Waals surface area contributed by atoms with E-state index in [0.717, 1.165) is 0 Å². The van der Waals surface area contributed by atoms with E-state index in [9.17, 15) is 14.9 Å². The number of ether oxygens (including phenoxy) is 1. The highest BCUT2D eigenvalue weighted by Gasteiger charge is 2.18. The fourth-order valence-electron chi connectivity index (χ4n) is 1.74. The van der Waals surface area contributed by atoms with E-state index >= 15 is 0 Å². The standard InChI is InChI=1S/C15H12BrClN2O4/c1-9(23-14-5-3-2-4-11(14)16)15(20)18-13-8-10(19(21)22)6-7-12(13)17/h2-9H,1H3,(H,18,20). The van der Waals surface area contributed by atoms with Gasteiger partial charge >= 0.3 is 0 Å². The molecule has 0 bridgehead atoms. The maximum atomic E-state index is 12.2. The first-order valence-electron chi connectivity index (χ1n) is 6.54. The lowest BCUT2D eigenvalue weighted by molar-refractivity contribution is -0.384. The largest absolute Gasteiger partial charge is 0.480 e. The first kappa shape index (κ1) is 17.2. The normalized spacial score (nSPS) is 11.6. The number of amides is 1. The van der Waals surface area contributed by atoms with Gasteiger partial charge in [-0.25, -0.2) is 0 Å². The van der Waals surface area contributed by atoms with Crippen LogP contribution >= 0.6 is 27.5 Å². The number of anilines is 1. The maximum absolute atomic E-state index is 12.2. The van der Waals surface area contributed by atoms with Crippen LogP contribution in [-0.2, 0) is 4.79 Å². The zero-order valence-corrected chi connectivity index (χ0v) is 14.3. The van der Waals surface area contributed by atoms with Crippen molar-refractivity contribution in [1.29, 1.82) is 0 Å². The van der Waals surface area contributed by atoms with Crippen molar-refractivity contribution in [1.82, 2.24) is 0 Å². The van der Waals surface area contributed by atoms with E-state index in [0.29, 0.717) is 10.2 Å². The number of hydrogen-bond donors (Lipinski definition) is 1. The van der Waals surface area contributed by atoms with Crippen LogP contribution in [0.1, 0.15) is 6.92 Å². The summed E-state index contributed by atoms with van der Waals surface area (Å²) in [5.74, 6) is 0.0449. The average molecular weight is 400 g/mol. The zero-order valence-electron chi connectivity index (χ0n) is 12.0. The lowest BCUT2D eigenvalue weighted by Crippen LogP contribution is -2.30. The Morgan fingerprint density at radius 2 is 2.04 bits per heavy atom. The van der Waals surface area contributed by atoms with Crippen LogP contribution in [0.4, 0.5) is 11.4 Å². The van der Waals surface area contributed by atoms with Crippen LogP contribution in [0.5, 0.6) is 5.75 Å². The highest BCUT2D eigenvalue weighted by atomic mass is 79.9. The molecule has 0 spiro atoms. The highest BCUT2D eigenvalue weighted by molar-refractivity contribution is 9.10. The zero-order chi connectivity index (χ0) is 17.0. The van der Waals surface area contributed by atoms with Crippen molar-refractivity contribution in [3.63, 3.8) is 0 Å². The molecule has 0 heterocycles. The molecule has 0 aromatic heterocycles. The Labute approximate surface area is 145 Å². The van der Waals surface area contributed by atoms with Crippen molar-refractivity contribution in [3.8, 4) is 5.75 Å². The first-order chi connectivity index (χ1) is 10.9. The predicted molar refractivity (Wildman–Crippen MR) is 91.0 cm³/mol. The van der Waals surface area contributed by atoms with Crippen molar-refractivity contribution < 1.29 is 14.5 Å². The number of nitrogens with zero attached hydrogens (tertiary/aromatic N) is 1. The van der Waals surface area contributed by atoms with Gasteiger partial charge in [-0.15, -0.1) is 0 Å². The van der Waals surface area contributed by atoms with Gasteiger partial charge in [-0.05, 0) is 41.1 Å². The van der Waals surface area contributed by atoms with Crippen LogP contribution in [-0.4, -0.2) is 16.9 Å². The minimum atomic E-state index is -0.816. The first-order valence-corrected chi connectivity index (χ1v) is 7.71. The third-order valence-electron chi connectivity index (χ3n) is 2.93. The molecule has 0 fully saturated rings. The molecule has 120 valence electrons. The Morgan fingerprint density at radius 3 is 2.70 bits per heavy atom. The number of nitro benzene ring substituents is 1. The third kappa shape index (κ3) is 4.43. The molecule has 1 N–H and O–H groups in total. The van der Waals surface area contributed by atoms with E-state index in [4.69, 9.17) is 16.3 Å². The molecular weight excluding hydrogens is 388 g/mol. The van der Waals surface area contributed by atoms with Crippen molar-refractivity contribution in [2.24, 2.45) is 0 Å². The number of nitro groups is 1. The minimum absolute atomic E-state index is 0.161. The smallest absolute Gasteiger partial charge is 0.271 e. The number of nitrogens with one attached hydrogen (secondary N) is 1. The molecule has 0 aliphatic heterocycles. The summed E-state index contributed by atoms with van der Waals surface area (Å²) < 4.78 is 6.28. The van der Waals surface area contributed by atoms with Gasteiger partial charge in [0.15, 0.2) is 6.10 Å². The highest BCUT2D eigenvalue weighted by Crippen LogP contribution is 2.28. The Balaban J connectivity index is 2.11. The summed E-state index contributed by atoms with van der Waals surface area (Å²) in [6, 6.07) is 10.9. The van der Waals surface area contributed by atoms with Gasteiger partial charge in [0, 0.05) is 12.1 Å². The van der Waals surface area contributed by atoms with E-state index in [-0.39, 0.29) is 16.4 Å². The third-order valence-corrected chi connectivity index (χ3v) is 3.91. The quantitative estimate of drug-likeness (QED) is 0.596. The second kappa shape index (κ2) is 7.43. The molecule has 1 atom stereocenters. The van der Waals surface area contributed by atoms with Gasteiger partial charge < -0.3 is 10.1 Å². The molecule has 0 aliphatic rings. The molecule has 8 heteroatoms. The van der Waals surface area contributed by atoms with E-state index in [2.05, 4.69) is 21.2 Å². The SMILES string of the molecule is CC(Oc1ccccc1Br)C(=O)Nc1cc([N+](=O)[O-])ccc1Cl. The summed E-state index contributed by atoms with van der Waals surface area (Å²) in [5.41, 5.74) is -0.00230. The van der Waals surface area contributed by atoms with Gasteiger partial charge in [-0.3, -0.25) is 14.9 Å². The molecule has 0 saturated heterocycles. The number of rotatable bonds is 5. The number of non-ortho nitro benzene ring substituents is 1. The fourth-order valence-corrected chi connectivity index (χ4v) is 2.28.